The lowest BCUT2D eigenvalue weighted by atomic mass is 9.67. The summed E-state index contributed by atoms with van der Waals surface area (Å²) >= 11 is 0. The van der Waals surface area contributed by atoms with E-state index in [0.717, 1.165) is 70.6 Å². The molecule has 0 unspecified atom stereocenters. The Bertz CT molecular complexity index is 539. The van der Waals surface area contributed by atoms with Crippen LogP contribution in [0, 0.1) is 11.3 Å². The van der Waals surface area contributed by atoms with E-state index in [9.17, 15) is 14.4 Å². The first-order valence-electron chi connectivity index (χ1n) is 11.5. The molecule has 0 radical (unpaired) electrons. The normalized spacial score (nSPS) is 24.9. The number of carbonyl (C=O) groups excluding carboxylic acids is 3. The SMILES string of the molecule is CCOC(=O)[C@]1(C2CCCCC2)C[C@H](CCCCCCCCC(=O)OC)OC1=O. The molecule has 6 heteroatoms. The highest BCUT2D eigenvalue weighted by Gasteiger charge is 2.60. The second kappa shape index (κ2) is 12.2. The van der Waals surface area contributed by atoms with Gasteiger partial charge in [-0.15, -0.1) is 0 Å². The van der Waals surface area contributed by atoms with Gasteiger partial charge in [0, 0.05) is 12.8 Å². The zero-order valence-electron chi connectivity index (χ0n) is 18.2. The summed E-state index contributed by atoms with van der Waals surface area (Å²) < 4.78 is 15.7. The second-order valence-electron chi connectivity index (χ2n) is 8.49. The lowest BCUT2D eigenvalue weighted by molar-refractivity contribution is -0.170. The molecule has 6 nitrogen and oxygen atoms in total. The first-order chi connectivity index (χ1) is 14.0. The Morgan fingerprint density at radius 3 is 2.34 bits per heavy atom. The molecule has 2 fully saturated rings. The van der Waals surface area contributed by atoms with Crippen LogP contribution < -0.4 is 0 Å². The molecule has 0 spiro atoms. The number of rotatable bonds is 12. The van der Waals surface area contributed by atoms with Gasteiger partial charge in [0.2, 0.25) is 0 Å². The highest BCUT2D eigenvalue weighted by Crippen LogP contribution is 2.48. The zero-order chi connectivity index (χ0) is 21.1. The number of unbranched alkanes of at least 4 members (excludes halogenated alkanes) is 5. The summed E-state index contributed by atoms with van der Waals surface area (Å²) in [6.07, 6.45) is 12.9. The molecule has 2 rings (SSSR count). The van der Waals surface area contributed by atoms with E-state index >= 15 is 0 Å². The number of hydrogen-bond donors (Lipinski definition) is 0. The van der Waals surface area contributed by atoms with E-state index in [-0.39, 0.29) is 29.9 Å². The van der Waals surface area contributed by atoms with Crippen LogP contribution in [0.15, 0.2) is 0 Å². The van der Waals surface area contributed by atoms with Crippen LogP contribution in [-0.4, -0.2) is 37.7 Å². The van der Waals surface area contributed by atoms with Crippen molar-refractivity contribution in [3.05, 3.63) is 0 Å². The number of carbonyl (C=O) groups is 3. The van der Waals surface area contributed by atoms with E-state index in [0.29, 0.717) is 19.4 Å². The van der Waals surface area contributed by atoms with Crippen molar-refractivity contribution in [2.75, 3.05) is 13.7 Å². The van der Waals surface area contributed by atoms with E-state index in [1.54, 1.807) is 6.92 Å². The van der Waals surface area contributed by atoms with Crippen LogP contribution in [0.4, 0.5) is 0 Å². The topological polar surface area (TPSA) is 78.9 Å². The summed E-state index contributed by atoms with van der Waals surface area (Å²) in [7, 11) is 1.42. The Balaban J connectivity index is 1.76. The van der Waals surface area contributed by atoms with Crippen LogP contribution in [0.5, 0.6) is 0 Å². The van der Waals surface area contributed by atoms with Gasteiger partial charge in [-0.05, 0) is 44.9 Å². The Morgan fingerprint density at radius 1 is 1.03 bits per heavy atom. The third-order valence-corrected chi connectivity index (χ3v) is 6.51. The second-order valence-corrected chi connectivity index (χ2v) is 8.49. The van der Waals surface area contributed by atoms with Crippen molar-refractivity contribution < 1.29 is 28.6 Å². The van der Waals surface area contributed by atoms with Crippen LogP contribution in [0.1, 0.15) is 96.8 Å². The number of hydrogen-bond acceptors (Lipinski definition) is 6. The molecule has 1 saturated heterocycles. The maximum Gasteiger partial charge on any atom is 0.324 e. The van der Waals surface area contributed by atoms with Crippen LogP contribution in [-0.2, 0) is 28.6 Å². The average Bonchev–Trinajstić information content (AvgIpc) is 3.07. The Morgan fingerprint density at radius 2 is 1.69 bits per heavy atom. The van der Waals surface area contributed by atoms with Crippen molar-refractivity contribution in [3.8, 4) is 0 Å². The van der Waals surface area contributed by atoms with Gasteiger partial charge in [0.05, 0.1) is 13.7 Å². The number of esters is 3. The monoisotopic (exact) mass is 410 g/mol. The zero-order valence-corrected chi connectivity index (χ0v) is 18.2. The summed E-state index contributed by atoms with van der Waals surface area (Å²) in [6, 6.07) is 0. The summed E-state index contributed by atoms with van der Waals surface area (Å²) in [5, 5.41) is 0. The quantitative estimate of drug-likeness (QED) is 0.200. The number of methoxy groups -OCH3 is 1. The predicted octanol–water partition coefficient (Wildman–Crippen LogP) is 4.73. The molecule has 1 aliphatic carbocycles. The van der Waals surface area contributed by atoms with Crippen LogP contribution >= 0.6 is 0 Å². The highest BCUT2D eigenvalue weighted by atomic mass is 16.6. The van der Waals surface area contributed by atoms with Crippen molar-refractivity contribution in [2.24, 2.45) is 11.3 Å². The minimum Gasteiger partial charge on any atom is -0.469 e. The molecule has 0 aromatic carbocycles. The first kappa shape index (κ1) is 23.7. The van der Waals surface area contributed by atoms with E-state index in [4.69, 9.17) is 9.47 Å². The van der Waals surface area contributed by atoms with Crippen LogP contribution in [0.2, 0.25) is 0 Å². The molecule has 0 aromatic heterocycles. The Kier molecular flexibility index (Phi) is 9.95. The lowest BCUT2D eigenvalue weighted by Crippen LogP contribution is -2.45. The molecule has 166 valence electrons. The predicted molar refractivity (Wildman–Crippen MR) is 109 cm³/mol. The van der Waals surface area contributed by atoms with Crippen molar-refractivity contribution in [1.82, 2.24) is 0 Å². The van der Waals surface area contributed by atoms with Gasteiger partial charge >= 0.3 is 17.9 Å². The molecular weight excluding hydrogens is 372 g/mol. The van der Waals surface area contributed by atoms with Gasteiger partial charge in [-0.25, -0.2) is 0 Å². The molecule has 1 aliphatic heterocycles. The summed E-state index contributed by atoms with van der Waals surface area (Å²) in [5.74, 6) is -0.806. The van der Waals surface area contributed by atoms with E-state index in [1.807, 2.05) is 0 Å². The van der Waals surface area contributed by atoms with Crippen molar-refractivity contribution in [3.63, 3.8) is 0 Å². The number of ether oxygens (including phenoxy) is 3. The summed E-state index contributed by atoms with van der Waals surface area (Å²) in [5.41, 5.74) is -1.07. The third kappa shape index (κ3) is 6.45. The molecular formula is C23H38O6. The highest BCUT2D eigenvalue weighted by molar-refractivity contribution is 6.01. The van der Waals surface area contributed by atoms with Crippen molar-refractivity contribution in [1.29, 1.82) is 0 Å². The van der Waals surface area contributed by atoms with Crippen molar-refractivity contribution >= 4 is 17.9 Å². The van der Waals surface area contributed by atoms with Crippen molar-refractivity contribution in [2.45, 2.75) is 103 Å². The number of cyclic esters (lactones) is 1. The standard InChI is InChI=1S/C23H38O6/c1-3-28-21(25)23(18-13-9-8-10-14-18)17-19(29-22(23)26)15-11-6-4-5-7-12-16-20(24)27-2/h18-19H,3-17H2,1-2H3/t19-,23+/m0/s1. The van der Waals surface area contributed by atoms with Gasteiger partial charge in [0.1, 0.15) is 6.10 Å². The van der Waals surface area contributed by atoms with E-state index in [2.05, 4.69) is 4.74 Å². The van der Waals surface area contributed by atoms with Crippen LogP contribution in [0.25, 0.3) is 0 Å². The molecule has 29 heavy (non-hydrogen) atoms. The Hall–Kier alpha value is -1.59. The van der Waals surface area contributed by atoms with E-state index < -0.39 is 5.41 Å². The maximum absolute atomic E-state index is 12.8. The van der Waals surface area contributed by atoms with Gasteiger partial charge in [-0.1, -0.05) is 44.9 Å². The fourth-order valence-electron chi connectivity index (χ4n) is 4.87. The van der Waals surface area contributed by atoms with Gasteiger partial charge in [0.25, 0.3) is 0 Å². The van der Waals surface area contributed by atoms with E-state index in [1.165, 1.54) is 13.5 Å². The average molecular weight is 411 g/mol. The fraction of sp³-hybridized carbons (Fsp3) is 0.870. The maximum atomic E-state index is 12.8. The molecule has 2 aliphatic rings. The van der Waals surface area contributed by atoms with Crippen LogP contribution in [0.3, 0.4) is 0 Å². The first-order valence-corrected chi connectivity index (χ1v) is 11.5. The molecule has 2 atom stereocenters. The van der Waals surface area contributed by atoms with Gasteiger partial charge in [0.15, 0.2) is 5.41 Å². The van der Waals surface area contributed by atoms with Gasteiger partial charge in [-0.3, -0.25) is 14.4 Å². The fourth-order valence-corrected chi connectivity index (χ4v) is 4.87. The Labute approximate surface area is 175 Å². The summed E-state index contributed by atoms with van der Waals surface area (Å²) in [4.78, 5) is 36.7. The minimum atomic E-state index is -1.07. The lowest BCUT2D eigenvalue weighted by Gasteiger charge is -2.34. The third-order valence-electron chi connectivity index (χ3n) is 6.51. The molecule has 0 amide bonds. The minimum absolute atomic E-state index is 0.0580. The molecule has 0 bridgehead atoms. The molecule has 0 aromatic rings. The summed E-state index contributed by atoms with van der Waals surface area (Å²) in [6.45, 7) is 2.08. The molecule has 1 saturated carbocycles. The molecule has 1 heterocycles. The smallest absolute Gasteiger partial charge is 0.324 e. The molecule has 0 N–H and O–H groups in total. The largest absolute Gasteiger partial charge is 0.469 e. The van der Waals surface area contributed by atoms with Gasteiger partial charge in [-0.2, -0.15) is 0 Å². The van der Waals surface area contributed by atoms with Gasteiger partial charge < -0.3 is 14.2 Å².